The molecule has 0 bridgehead atoms. The van der Waals surface area contributed by atoms with Crippen LogP contribution in [0.4, 0.5) is 11.5 Å². The molecule has 0 aliphatic rings. The van der Waals surface area contributed by atoms with Crippen molar-refractivity contribution in [3.63, 3.8) is 0 Å². The molecule has 0 aliphatic heterocycles. The quantitative estimate of drug-likeness (QED) is 0.894. The average molecular weight is 316 g/mol. The first-order valence-electron chi connectivity index (χ1n) is 5.92. The van der Waals surface area contributed by atoms with E-state index in [0.717, 1.165) is 27.0 Å². The Labute approximate surface area is 121 Å². The van der Waals surface area contributed by atoms with Crippen LogP contribution in [0.1, 0.15) is 22.4 Å². The first kappa shape index (κ1) is 13.6. The van der Waals surface area contributed by atoms with Crippen LogP contribution < -0.4 is 5.32 Å². The van der Waals surface area contributed by atoms with Gasteiger partial charge in [0.05, 0.1) is 5.56 Å². The zero-order valence-electron chi connectivity index (χ0n) is 11.1. The lowest BCUT2D eigenvalue weighted by atomic mass is 10.1. The number of benzene rings is 1. The van der Waals surface area contributed by atoms with Gasteiger partial charge in [-0.15, -0.1) is 0 Å². The number of aromatic nitrogens is 1. The number of nitrogens with zero attached hydrogens (tertiary/aromatic N) is 2. The molecule has 1 aromatic carbocycles. The lowest BCUT2D eigenvalue weighted by molar-refractivity contribution is 1.16. The fourth-order valence-corrected chi connectivity index (χ4v) is 2.62. The maximum atomic E-state index is 9.24. The Balaban J connectivity index is 2.46. The van der Waals surface area contributed by atoms with Gasteiger partial charge in [-0.2, -0.15) is 5.26 Å². The largest absolute Gasteiger partial charge is 0.339 e. The predicted molar refractivity (Wildman–Crippen MR) is 80.6 cm³/mol. The lowest BCUT2D eigenvalue weighted by Crippen LogP contribution is -2.01. The van der Waals surface area contributed by atoms with Gasteiger partial charge in [0.2, 0.25) is 0 Å². The summed E-state index contributed by atoms with van der Waals surface area (Å²) in [5.74, 6) is 0.609. The Morgan fingerprint density at radius 1 is 1.16 bits per heavy atom. The smallest absolute Gasteiger partial charge is 0.148 e. The zero-order chi connectivity index (χ0) is 14.0. The van der Waals surface area contributed by atoms with E-state index in [9.17, 15) is 5.26 Å². The van der Waals surface area contributed by atoms with Crippen LogP contribution in [0.2, 0.25) is 0 Å². The van der Waals surface area contributed by atoms with Gasteiger partial charge in [0.25, 0.3) is 0 Å². The molecular weight excluding hydrogens is 302 g/mol. The number of hydrogen-bond acceptors (Lipinski definition) is 3. The second kappa shape index (κ2) is 5.41. The summed E-state index contributed by atoms with van der Waals surface area (Å²) in [5, 5.41) is 12.5. The van der Waals surface area contributed by atoms with Gasteiger partial charge in [0, 0.05) is 15.9 Å². The highest BCUT2D eigenvalue weighted by Crippen LogP contribution is 2.25. The van der Waals surface area contributed by atoms with Crippen LogP contribution in [0.15, 0.2) is 28.7 Å². The molecule has 96 valence electrons. The van der Waals surface area contributed by atoms with Gasteiger partial charge in [-0.1, -0.05) is 15.9 Å². The third-order valence-corrected chi connectivity index (χ3v) is 3.22. The highest BCUT2D eigenvalue weighted by atomic mass is 79.9. The zero-order valence-corrected chi connectivity index (χ0v) is 12.7. The minimum absolute atomic E-state index is 0.586. The topological polar surface area (TPSA) is 48.7 Å². The van der Waals surface area contributed by atoms with Crippen LogP contribution >= 0.6 is 15.9 Å². The molecule has 2 rings (SSSR count). The Morgan fingerprint density at radius 3 is 2.53 bits per heavy atom. The van der Waals surface area contributed by atoms with Crippen molar-refractivity contribution >= 4 is 27.4 Å². The van der Waals surface area contributed by atoms with Crippen LogP contribution in [0, 0.1) is 32.1 Å². The molecular formula is C15H14BrN3. The minimum Gasteiger partial charge on any atom is -0.339 e. The molecule has 0 atom stereocenters. The van der Waals surface area contributed by atoms with Crippen molar-refractivity contribution in [1.82, 2.24) is 4.98 Å². The number of nitriles is 1. The number of halogens is 1. The normalized spacial score (nSPS) is 10.1. The molecule has 0 amide bonds. The molecule has 0 fully saturated rings. The van der Waals surface area contributed by atoms with E-state index in [4.69, 9.17) is 0 Å². The van der Waals surface area contributed by atoms with Gasteiger partial charge in [-0.3, -0.25) is 0 Å². The molecule has 0 radical (unpaired) electrons. The van der Waals surface area contributed by atoms with E-state index in [0.29, 0.717) is 11.4 Å². The van der Waals surface area contributed by atoms with Gasteiger partial charge in [0.1, 0.15) is 11.9 Å². The maximum Gasteiger partial charge on any atom is 0.148 e. The van der Waals surface area contributed by atoms with Crippen molar-refractivity contribution in [1.29, 1.82) is 5.26 Å². The van der Waals surface area contributed by atoms with Crippen molar-refractivity contribution in [3.8, 4) is 6.07 Å². The van der Waals surface area contributed by atoms with E-state index in [1.165, 1.54) is 0 Å². The first-order valence-corrected chi connectivity index (χ1v) is 6.71. The summed E-state index contributed by atoms with van der Waals surface area (Å²) in [6, 6.07) is 10.1. The molecule has 4 heteroatoms. The number of aryl methyl sites for hydroxylation is 3. The highest BCUT2D eigenvalue weighted by molar-refractivity contribution is 9.10. The van der Waals surface area contributed by atoms with Crippen LogP contribution in [-0.4, -0.2) is 4.98 Å². The SMILES string of the molecule is Cc1cc(Br)cc(Nc2nc(C)cc(C)c2C#N)c1. The van der Waals surface area contributed by atoms with Crippen molar-refractivity contribution < 1.29 is 0 Å². The van der Waals surface area contributed by atoms with Gasteiger partial charge < -0.3 is 5.32 Å². The third-order valence-electron chi connectivity index (χ3n) is 2.76. The number of rotatable bonds is 2. The third kappa shape index (κ3) is 3.12. The number of nitrogens with one attached hydrogen (secondary N) is 1. The van der Waals surface area contributed by atoms with Gasteiger partial charge >= 0.3 is 0 Å². The van der Waals surface area contributed by atoms with E-state index in [1.54, 1.807) is 0 Å². The van der Waals surface area contributed by atoms with E-state index in [-0.39, 0.29) is 0 Å². The second-order valence-electron chi connectivity index (χ2n) is 4.56. The fourth-order valence-electron chi connectivity index (χ4n) is 2.01. The Morgan fingerprint density at radius 2 is 1.89 bits per heavy atom. The van der Waals surface area contributed by atoms with E-state index >= 15 is 0 Å². The Bertz CT molecular complexity index is 652. The van der Waals surface area contributed by atoms with Crippen molar-refractivity contribution in [2.24, 2.45) is 0 Å². The van der Waals surface area contributed by atoms with Crippen molar-refractivity contribution in [2.45, 2.75) is 20.8 Å². The summed E-state index contributed by atoms with van der Waals surface area (Å²) in [7, 11) is 0. The molecule has 2 aromatic rings. The lowest BCUT2D eigenvalue weighted by Gasteiger charge is -2.11. The van der Waals surface area contributed by atoms with E-state index < -0.39 is 0 Å². The molecule has 0 spiro atoms. The van der Waals surface area contributed by atoms with Crippen LogP contribution in [0.5, 0.6) is 0 Å². The molecule has 1 N–H and O–H groups in total. The monoisotopic (exact) mass is 315 g/mol. The summed E-state index contributed by atoms with van der Waals surface area (Å²) in [6.07, 6.45) is 0. The second-order valence-corrected chi connectivity index (χ2v) is 5.47. The molecule has 0 saturated carbocycles. The van der Waals surface area contributed by atoms with Crippen LogP contribution in [0.3, 0.4) is 0 Å². The Kier molecular flexibility index (Phi) is 3.87. The minimum atomic E-state index is 0.586. The number of pyridine rings is 1. The number of anilines is 2. The van der Waals surface area contributed by atoms with Crippen LogP contribution in [0.25, 0.3) is 0 Å². The van der Waals surface area contributed by atoms with Gasteiger partial charge in [-0.05, 0) is 56.2 Å². The molecule has 3 nitrogen and oxygen atoms in total. The van der Waals surface area contributed by atoms with Gasteiger partial charge in [0.15, 0.2) is 0 Å². The van der Waals surface area contributed by atoms with E-state index in [1.807, 2.05) is 45.0 Å². The Hall–Kier alpha value is -1.86. The molecule has 19 heavy (non-hydrogen) atoms. The summed E-state index contributed by atoms with van der Waals surface area (Å²) in [5.41, 5.74) is 4.47. The summed E-state index contributed by atoms with van der Waals surface area (Å²) < 4.78 is 0.998. The van der Waals surface area contributed by atoms with Crippen molar-refractivity contribution in [3.05, 3.63) is 51.1 Å². The van der Waals surface area contributed by atoms with Crippen LogP contribution in [-0.2, 0) is 0 Å². The summed E-state index contributed by atoms with van der Waals surface area (Å²) in [4.78, 5) is 4.41. The highest BCUT2D eigenvalue weighted by Gasteiger charge is 2.09. The molecule has 0 aliphatic carbocycles. The molecule has 0 saturated heterocycles. The average Bonchev–Trinajstić information content (AvgIpc) is 2.26. The summed E-state index contributed by atoms with van der Waals surface area (Å²) in [6.45, 7) is 5.87. The van der Waals surface area contributed by atoms with Crippen molar-refractivity contribution in [2.75, 3.05) is 5.32 Å². The molecule has 0 unspecified atom stereocenters. The maximum absolute atomic E-state index is 9.24. The first-order chi connectivity index (χ1) is 8.99. The molecule has 1 aromatic heterocycles. The molecule has 1 heterocycles. The predicted octanol–water partition coefficient (Wildman–Crippen LogP) is 4.38. The van der Waals surface area contributed by atoms with E-state index in [2.05, 4.69) is 32.3 Å². The van der Waals surface area contributed by atoms with Gasteiger partial charge in [-0.25, -0.2) is 4.98 Å². The standard InChI is InChI=1S/C15H14BrN3/c1-9-4-12(16)7-13(5-9)19-15-14(8-17)10(2)6-11(3)18-15/h4-7H,1-3H3,(H,18,19). The number of hydrogen-bond donors (Lipinski definition) is 1. The fraction of sp³-hybridized carbons (Fsp3) is 0.200. The summed E-state index contributed by atoms with van der Waals surface area (Å²) >= 11 is 3.47.